The highest BCUT2D eigenvalue weighted by Gasteiger charge is 2.34. The van der Waals surface area contributed by atoms with Gasteiger partial charge in [-0.1, -0.05) is 6.92 Å². The van der Waals surface area contributed by atoms with Gasteiger partial charge in [0.2, 0.25) is 0 Å². The van der Waals surface area contributed by atoms with E-state index in [1.807, 2.05) is 31.2 Å². The molecule has 3 unspecified atom stereocenters. The van der Waals surface area contributed by atoms with Crippen LogP contribution in [-0.4, -0.2) is 28.6 Å². The number of hydrogen-bond acceptors (Lipinski definition) is 7. The summed E-state index contributed by atoms with van der Waals surface area (Å²) in [5, 5.41) is 3.06. The Morgan fingerprint density at radius 2 is 1.69 bits per heavy atom. The molecule has 1 saturated heterocycles. The van der Waals surface area contributed by atoms with Gasteiger partial charge in [-0.05, 0) is 60.5 Å². The Morgan fingerprint density at radius 1 is 0.969 bits per heavy atom. The van der Waals surface area contributed by atoms with Gasteiger partial charge in [-0.15, -0.1) is 0 Å². The minimum absolute atomic E-state index is 0.0752. The van der Waals surface area contributed by atoms with Crippen LogP contribution in [0.15, 0.2) is 67.3 Å². The van der Waals surface area contributed by atoms with Crippen molar-refractivity contribution in [3.63, 3.8) is 0 Å². The third-order valence-corrected chi connectivity index (χ3v) is 5.45. The highest BCUT2D eigenvalue weighted by Crippen LogP contribution is 2.30. The van der Waals surface area contributed by atoms with Crippen molar-refractivity contribution in [1.29, 1.82) is 0 Å². The summed E-state index contributed by atoms with van der Waals surface area (Å²) in [6, 6.07) is 13.0. The van der Waals surface area contributed by atoms with E-state index in [4.69, 9.17) is 9.47 Å². The van der Waals surface area contributed by atoms with Gasteiger partial charge in [0, 0.05) is 36.3 Å². The molecule has 8 nitrogen and oxygen atoms in total. The van der Waals surface area contributed by atoms with E-state index in [1.165, 1.54) is 0 Å². The van der Waals surface area contributed by atoms with Crippen LogP contribution in [0, 0.1) is 5.92 Å². The highest BCUT2D eigenvalue weighted by atomic mass is 16.5. The zero-order chi connectivity index (χ0) is 22.3. The summed E-state index contributed by atoms with van der Waals surface area (Å²) in [6.07, 6.45) is 6.76. The first kappa shape index (κ1) is 21.7. The van der Waals surface area contributed by atoms with Gasteiger partial charge in [-0.3, -0.25) is 14.8 Å². The van der Waals surface area contributed by atoms with Crippen LogP contribution in [0.2, 0.25) is 0 Å². The van der Waals surface area contributed by atoms with E-state index in [0.29, 0.717) is 30.3 Å². The van der Waals surface area contributed by atoms with Crippen molar-refractivity contribution in [1.82, 2.24) is 26.1 Å². The van der Waals surface area contributed by atoms with Gasteiger partial charge in [-0.2, -0.15) is 0 Å². The largest absolute Gasteiger partial charge is 0.490 e. The van der Waals surface area contributed by atoms with Gasteiger partial charge < -0.3 is 14.8 Å². The summed E-state index contributed by atoms with van der Waals surface area (Å²) in [4.78, 5) is 21.0. The quantitative estimate of drug-likeness (QED) is 0.502. The van der Waals surface area contributed by atoms with Crippen molar-refractivity contribution in [2.45, 2.75) is 32.7 Å². The van der Waals surface area contributed by atoms with Crippen LogP contribution in [0.5, 0.6) is 11.5 Å². The lowest BCUT2D eigenvalue weighted by Crippen LogP contribution is -2.46. The Bertz CT molecular complexity index is 1030. The van der Waals surface area contributed by atoms with E-state index in [-0.39, 0.29) is 24.0 Å². The van der Waals surface area contributed by atoms with E-state index in [0.717, 1.165) is 11.1 Å². The van der Waals surface area contributed by atoms with Crippen molar-refractivity contribution in [2.75, 3.05) is 6.61 Å². The molecular formula is C24H27N5O3. The van der Waals surface area contributed by atoms with Gasteiger partial charge >= 0.3 is 0 Å². The molecule has 8 heteroatoms. The molecule has 32 heavy (non-hydrogen) atoms. The molecule has 1 aliphatic heterocycles. The van der Waals surface area contributed by atoms with Crippen LogP contribution in [0.1, 0.15) is 41.4 Å². The fraction of sp³-hybridized carbons (Fsp3) is 0.292. The molecule has 0 saturated carbocycles. The van der Waals surface area contributed by atoms with Gasteiger partial charge in [0.05, 0.1) is 18.8 Å². The number of hydrazine groups is 1. The van der Waals surface area contributed by atoms with Crippen LogP contribution < -0.4 is 25.6 Å². The third-order valence-electron chi connectivity index (χ3n) is 5.45. The number of ether oxygens (including phenoxy) is 2. The molecule has 3 N–H and O–H groups in total. The number of nitrogens with one attached hydrogen (secondary N) is 3. The average molecular weight is 434 g/mol. The summed E-state index contributed by atoms with van der Waals surface area (Å²) < 4.78 is 11.6. The molecule has 2 aromatic heterocycles. The third kappa shape index (κ3) is 5.04. The molecule has 3 atom stereocenters. The smallest absolute Gasteiger partial charge is 0.252 e. The molecule has 3 aromatic rings. The van der Waals surface area contributed by atoms with Crippen LogP contribution >= 0.6 is 0 Å². The number of pyridine rings is 2. The number of amides is 1. The molecule has 1 aromatic carbocycles. The molecule has 0 radical (unpaired) electrons. The Labute approximate surface area is 187 Å². The molecule has 1 aliphatic rings. The topological polar surface area (TPSA) is 97.4 Å². The summed E-state index contributed by atoms with van der Waals surface area (Å²) in [7, 11) is 0. The van der Waals surface area contributed by atoms with Crippen molar-refractivity contribution in [3.8, 4) is 11.5 Å². The Morgan fingerprint density at radius 3 is 2.41 bits per heavy atom. The molecule has 1 fully saturated rings. The van der Waals surface area contributed by atoms with Crippen LogP contribution in [0.3, 0.4) is 0 Å². The molecular weight excluding hydrogens is 406 g/mol. The Hall–Kier alpha value is -3.49. The average Bonchev–Trinajstić information content (AvgIpc) is 3.19. The van der Waals surface area contributed by atoms with Gasteiger partial charge in [0.1, 0.15) is 6.61 Å². The maximum atomic E-state index is 12.9. The first-order chi connectivity index (χ1) is 15.7. The van der Waals surface area contributed by atoms with Gasteiger partial charge in [-0.25, -0.2) is 10.9 Å². The molecule has 0 aliphatic carbocycles. The first-order valence-electron chi connectivity index (χ1n) is 10.7. The van der Waals surface area contributed by atoms with E-state index in [1.54, 1.807) is 43.0 Å². The standard InChI is InChI=1S/C24H27N5O3/c1-3-31-21-14-19(4-5-20(21)32-15-17-6-10-25-11-7-17)24(30)27-23-16(2)22(28-29-23)18-8-12-26-13-9-18/h4-14,16,22-23,28-29H,3,15H2,1-2H3,(H,27,30). The minimum atomic E-state index is -0.223. The molecule has 166 valence electrons. The molecule has 1 amide bonds. The summed E-state index contributed by atoms with van der Waals surface area (Å²) >= 11 is 0. The number of hydrogen-bond donors (Lipinski definition) is 3. The second-order valence-corrected chi connectivity index (χ2v) is 7.60. The SMILES string of the molecule is CCOc1cc(C(=O)NC2NNC(c3ccncc3)C2C)ccc1OCc1ccncc1. The van der Waals surface area contributed by atoms with Crippen molar-refractivity contribution in [3.05, 3.63) is 83.9 Å². The summed E-state index contributed by atoms with van der Waals surface area (Å²) in [5.41, 5.74) is 9.07. The zero-order valence-electron chi connectivity index (χ0n) is 18.1. The molecule has 4 rings (SSSR count). The zero-order valence-corrected chi connectivity index (χ0v) is 18.1. The Kier molecular flexibility index (Phi) is 6.94. The lowest BCUT2D eigenvalue weighted by atomic mass is 9.95. The fourth-order valence-electron chi connectivity index (χ4n) is 3.66. The van der Waals surface area contributed by atoms with E-state index in [2.05, 4.69) is 33.1 Å². The van der Waals surface area contributed by atoms with Crippen LogP contribution in [-0.2, 0) is 6.61 Å². The Balaban J connectivity index is 1.42. The number of rotatable bonds is 8. The summed E-state index contributed by atoms with van der Waals surface area (Å²) in [6.45, 7) is 4.84. The normalized spacial score (nSPS) is 20.0. The lowest BCUT2D eigenvalue weighted by Gasteiger charge is -2.20. The predicted octanol–water partition coefficient (Wildman–Crippen LogP) is 3.00. The van der Waals surface area contributed by atoms with Gasteiger partial charge in [0.25, 0.3) is 5.91 Å². The fourth-order valence-corrected chi connectivity index (χ4v) is 3.66. The van der Waals surface area contributed by atoms with E-state index < -0.39 is 0 Å². The minimum Gasteiger partial charge on any atom is -0.490 e. The number of benzene rings is 1. The number of carbonyl (C=O) groups excluding carboxylic acids is 1. The van der Waals surface area contributed by atoms with Gasteiger partial charge in [0.15, 0.2) is 11.5 Å². The molecule has 0 bridgehead atoms. The highest BCUT2D eigenvalue weighted by molar-refractivity contribution is 5.95. The van der Waals surface area contributed by atoms with Crippen molar-refractivity contribution in [2.24, 2.45) is 5.92 Å². The van der Waals surface area contributed by atoms with Crippen molar-refractivity contribution < 1.29 is 14.3 Å². The number of carbonyl (C=O) groups is 1. The molecule has 0 spiro atoms. The van der Waals surface area contributed by atoms with E-state index in [9.17, 15) is 4.79 Å². The van der Waals surface area contributed by atoms with Crippen LogP contribution in [0.4, 0.5) is 0 Å². The number of aromatic nitrogens is 2. The monoisotopic (exact) mass is 433 g/mol. The lowest BCUT2D eigenvalue weighted by molar-refractivity contribution is 0.0922. The van der Waals surface area contributed by atoms with Crippen LogP contribution in [0.25, 0.3) is 0 Å². The number of nitrogens with zero attached hydrogens (tertiary/aromatic N) is 2. The van der Waals surface area contributed by atoms with E-state index >= 15 is 0 Å². The predicted molar refractivity (Wildman–Crippen MR) is 120 cm³/mol. The maximum absolute atomic E-state index is 12.9. The van der Waals surface area contributed by atoms with Crippen molar-refractivity contribution >= 4 is 5.91 Å². The molecule has 3 heterocycles. The maximum Gasteiger partial charge on any atom is 0.252 e. The second-order valence-electron chi connectivity index (χ2n) is 7.60. The summed E-state index contributed by atoms with van der Waals surface area (Å²) in [5.74, 6) is 1.07. The second kappa shape index (κ2) is 10.2. The first-order valence-corrected chi connectivity index (χ1v) is 10.7.